The highest BCUT2D eigenvalue weighted by molar-refractivity contribution is 7.98. The Hall–Kier alpha value is -2.03. The predicted molar refractivity (Wildman–Crippen MR) is 76.5 cm³/mol. The number of carbonyl (C=O) groups is 1. The zero-order valence-electron chi connectivity index (χ0n) is 11.6. The van der Waals surface area contributed by atoms with Gasteiger partial charge in [-0.15, -0.1) is 0 Å². The van der Waals surface area contributed by atoms with E-state index in [0.29, 0.717) is 11.9 Å². The Kier molecular flexibility index (Phi) is 3.86. The van der Waals surface area contributed by atoms with E-state index in [0.717, 1.165) is 24.4 Å². The molecule has 2 nitrogen and oxygen atoms in total. The maximum absolute atomic E-state index is 13.2. The van der Waals surface area contributed by atoms with Gasteiger partial charge >= 0.3 is 12.4 Å². The van der Waals surface area contributed by atoms with Gasteiger partial charge in [-0.2, -0.15) is 26.3 Å². The fourth-order valence-corrected chi connectivity index (χ4v) is 3.39. The lowest BCUT2D eigenvalue weighted by Gasteiger charge is -2.21. The number of benzene rings is 1. The van der Waals surface area contributed by atoms with Gasteiger partial charge in [0.05, 0.1) is 16.0 Å². The highest BCUT2D eigenvalue weighted by Crippen LogP contribution is 2.46. The lowest BCUT2D eigenvalue weighted by atomic mass is 9.85. The molecule has 0 amide bonds. The van der Waals surface area contributed by atoms with Gasteiger partial charge in [0.2, 0.25) is 0 Å². The Labute approximate surface area is 136 Å². The van der Waals surface area contributed by atoms with Crippen molar-refractivity contribution in [2.24, 2.45) is 4.40 Å². The van der Waals surface area contributed by atoms with Crippen molar-refractivity contribution in [2.75, 3.05) is 0 Å². The van der Waals surface area contributed by atoms with Gasteiger partial charge in [-0.25, -0.2) is 4.40 Å². The van der Waals surface area contributed by atoms with Crippen LogP contribution in [0.1, 0.15) is 17.5 Å². The second-order valence-corrected chi connectivity index (χ2v) is 5.84. The molecule has 0 atom stereocenters. The molecule has 0 aromatic heterocycles. The lowest BCUT2D eigenvalue weighted by Crippen LogP contribution is -2.21. The largest absolute Gasteiger partial charge is 0.417 e. The van der Waals surface area contributed by atoms with Crippen LogP contribution in [-0.4, -0.2) is 18.2 Å². The van der Waals surface area contributed by atoms with Crippen molar-refractivity contribution in [3.8, 4) is 0 Å². The van der Waals surface area contributed by atoms with Crippen molar-refractivity contribution >= 4 is 29.5 Å². The number of carbonyl (C=O) groups excluding carboxylic acids is 1. The molecule has 0 unspecified atom stereocenters. The number of hydrogen-bond acceptors (Lipinski definition) is 3. The van der Waals surface area contributed by atoms with E-state index in [1.807, 2.05) is 0 Å². The fourth-order valence-electron chi connectivity index (χ4n) is 2.58. The van der Waals surface area contributed by atoms with Crippen molar-refractivity contribution in [3.63, 3.8) is 0 Å². The minimum absolute atomic E-state index is 0.179. The van der Waals surface area contributed by atoms with Crippen LogP contribution in [0.25, 0.3) is 5.57 Å². The molecule has 3 rings (SSSR count). The molecule has 0 radical (unpaired) electrons. The number of ketones is 1. The first-order chi connectivity index (χ1) is 11.1. The maximum Gasteiger partial charge on any atom is 0.417 e. The number of rotatable bonds is 0. The fraction of sp³-hybridized carbons (Fsp3) is 0.200. The molecule has 0 spiro atoms. The van der Waals surface area contributed by atoms with Crippen LogP contribution in [0.2, 0.25) is 0 Å². The first kappa shape index (κ1) is 16.8. The monoisotopic (exact) mass is 363 g/mol. The van der Waals surface area contributed by atoms with Gasteiger partial charge in [-0.3, -0.25) is 4.79 Å². The molecule has 0 saturated carbocycles. The molecule has 1 aliphatic heterocycles. The molecule has 24 heavy (non-hydrogen) atoms. The average Bonchev–Trinajstić information content (AvgIpc) is 2.64. The van der Waals surface area contributed by atoms with Crippen molar-refractivity contribution in [3.05, 3.63) is 46.5 Å². The molecule has 0 saturated heterocycles. The van der Waals surface area contributed by atoms with Crippen LogP contribution >= 0.6 is 11.9 Å². The van der Waals surface area contributed by atoms with Gasteiger partial charge in [0, 0.05) is 41.3 Å². The van der Waals surface area contributed by atoms with Crippen LogP contribution in [0.4, 0.5) is 26.3 Å². The number of fused-ring (bicyclic) bond motifs is 2. The minimum Gasteiger partial charge on any atom is -0.294 e. The maximum atomic E-state index is 13.2. The Bertz CT molecular complexity index is 816. The van der Waals surface area contributed by atoms with Gasteiger partial charge in [0.1, 0.15) is 0 Å². The highest BCUT2D eigenvalue weighted by Gasteiger charge is 2.42. The summed E-state index contributed by atoms with van der Waals surface area (Å²) in [5.41, 5.74) is -3.15. The smallest absolute Gasteiger partial charge is 0.294 e. The Morgan fingerprint density at radius 3 is 2.38 bits per heavy atom. The van der Waals surface area contributed by atoms with E-state index in [1.165, 1.54) is 6.07 Å². The molecule has 2 aliphatic rings. The summed E-state index contributed by atoms with van der Waals surface area (Å²) < 4.78 is 82.5. The summed E-state index contributed by atoms with van der Waals surface area (Å²) >= 11 is 0.405. The Morgan fingerprint density at radius 2 is 1.75 bits per heavy atom. The zero-order chi connectivity index (χ0) is 17.7. The third-order valence-electron chi connectivity index (χ3n) is 3.55. The lowest BCUT2D eigenvalue weighted by molar-refractivity contribution is -0.139. The van der Waals surface area contributed by atoms with Crippen LogP contribution in [0.3, 0.4) is 0 Å². The van der Waals surface area contributed by atoms with E-state index in [1.54, 1.807) is 0 Å². The van der Waals surface area contributed by atoms with Crippen molar-refractivity contribution in [1.82, 2.24) is 0 Å². The molecule has 126 valence electrons. The van der Waals surface area contributed by atoms with Gasteiger partial charge in [-0.05, 0) is 6.07 Å². The van der Waals surface area contributed by atoms with E-state index in [4.69, 9.17) is 0 Å². The van der Waals surface area contributed by atoms with Crippen LogP contribution in [0.15, 0.2) is 44.7 Å². The van der Waals surface area contributed by atoms with Crippen LogP contribution in [0.5, 0.6) is 0 Å². The molecule has 1 aromatic rings. The quantitative estimate of drug-likeness (QED) is 0.479. The van der Waals surface area contributed by atoms with Crippen LogP contribution in [-0.2, 0) is 11.0 Å². The topological polar surface area (TPSA) is 29.4 Å². The SMILES string of the molecule is O=C1CC=C(C(F)(F)F)C2=C1c1cccc(C(F)(F)F)c1SN=C2. The van der Waals surface area contributed by atoms with E-state index in [9.17, 15) is 31.1 Å². The van der Waals surface area contributed by atoms with Gasteiger partial charge < -0.3 is 0 Å². The molecule has 9 heteroatoms. The second kappa shape index (κ2) is 5.51. The standard InChI is InChI=1S/C15H7F6NOS/c16-14(17,18)9-4-5-11(23)12-7-2-1-3-10(15(19,20)21)13(7)24-22-6-8(9)12/h1-4,6H,5H2. The molecule has 1 aliphatic carbocycles. The summed E-state index contributed by atoms with van der Waals surface area (Å²) in [6.45, 7) is 0. The number of Topliss-reactive ketones (excluding diaryl/α,β-unsaturated/α-hetero) is 1. The first-order valence-corrected chi connectivity index (χ1v) is 7.34. The zero-order valence-corrected chi connectivity index (χ0v) is 12.4. The molecule has 0 N–H and O–H groups in total. The molecule has 1 aromatic carbocycles. The van der Waals surface area contributed by atoms with Crippen LogP contribution < -0.4 is 0 Å². The van der Waals surface area contributed by atoms with Crippen molar-refractivity contribution in [2.45, 2.75) is 23.7 Å². The number of nitrogens with zero attached hydrogens (tertiary/aromatic N) is 1. The third kappa shape index (κ3) is 2.77. The summed E-state index contributed by atoms with van der Waals surface area (Å²) in [4.78, 5) is 11.8. The number of halogens is 6. The van der Waals surface area contributed by atoms with Crippen molar-refractivity contribution in [1.29, 1.82) is 0 Å². The number of alkyl halides is 6. The van der Waals surface area contributed by atoms with Crippen molar-refractivity contribution < 1.29 is 31.1 Å². The van der Waals surface area contributed by atoms with Crippen LogP contribution in [0, 0.1) is 0 Å². The number of hydrogen-bond donors (Lipinski definition) is 0. The molecule has 0 fully saturated rings. The Morgan fingerprint density at radius 1 is 1.04 bits per heavy atom. The van der Waals surface area contributed by atoms with Gasteiger partial charge in [-0.1, -0.05) is 18.2 Å². The summed E-state index contributed by atoms with van der Waals surface area (Å²) in [6.07, 6.45) is -8.43. The molecule has 0 bridgehead atoms. The second-order valence-electron chi connectivity index (χ2n) is 5.04. The highest BCUT2D eigenvalue weighted by atomic mass is 32.2. The molecular formula is C15H7F6NOS. The summed E-state index contributed by atoms with van der Waals surface area (Å²) in [6, 6.07) is 3.08. The van der Waals surface area contributed by atoms with Gasteiger partial charge in [0.25, 0.3) is 0 Å². The average molecular weight is 363 g/mol. The predicted octanol–water partition coefficient (Wildman–Crippen LogP) is 5.01. The summed E-state index contributed by atoms with van der Waals surface area (Å²) in [5.74, 6) is -0.674. The van der Waals surface area contributed by atoms with E-state index in [-0.39, 0.29) is 16.0 Å². The number of allylic oxidation sites excluding steroid dienone is 4. The summed E-state index contributed by atoms with van der Waals surface area (Å²) in [7, 11) is 0. The first-order valence-electron chi connectivity index (χ1n) is 6.57. The Balaban J connectivity index is 2.30. The van der Waals surface area contributed by atoms with E-state index in [2.05, 4.69) is 4.40 Å². The normalized spacial score (nSPS) is 18.1. The molecular weight excluding hydrogens is 356 g/mol. The third-order valence-corrected chi connectivity index (χ3v) is 4.38. The molecule has 1 heterocycles. The minimum atomic E-state index is -4.73. The summed E-state index contributed by atoms with van der Waals surface area (Å²) in [5, 5.41) is 0. The van der Waals surface area contributed by atoms with E-state index < -0.39 is 41.3 Å². The van der Waals surface area contributed by atoms with E-state index >= 15 is 0 Å². The van der Waals surface area contributed by atoms with Gasteiger partial charge in [0.15, 0.2) is 5.78 Å².